The first-order valence-corrected chi connectivity index (χ1v) is 5.93. The van der Waals surface area contributed by atoms with Crippen molar-refractivity contribution in [1.29, 1.82) is 0 Å². The van der Waals surface area contributed by atoms with E-state index in [0.29, 0.717) is 20.8 Å². The second-order valence-corrected chi connectivity index (χ2v) is 4.67. The Morgan fingerprint density at radius 3 is 2.58 bits per heavy atom. The molecule has 1 aromatic carbocycles. The highest BCUT2D eigenvalue weighted by Gasteiger charge is 2.38. The first-order chi connectivity index (χ1) is 8.97. The van der Waals surface area contributed by atoms with Gasteiger partial charge in [0.25, 0.3) is 5.82 Å². The second kappa shape index (κ2) is 3.92. The molecule has 5 nitrogen and oxygen atoms in total. The van der Waals surface area contributed by atoms with E-state index < -0.39 is 12.0 Å². The molecule has 0 aliphatic rings. The fraction of sp³-hybridized carbons (Fsp3) is 0.100. The zero-order valence-electron chi connectivity index (χ0n) is 9.22. The first kappa shape index (κ1) is 11.9. The van der Waals surface area contributed by atoms with Crippen molar-refractivity contribution in [3.8, 4) is 10.6 Å². The van der Waals surface area contributed by atoms with Crippen LogP contribution in [0.3, 0.4) is 0 Å². The lowest BCUT2D eigenvalue weighted by molar-refractivity contribution is -0.146. The molecule has 0 radical (unpaired) electrons. The summed E-state index contributed by atoms with van der Waals surface area (Å²) in [5, 5.41) is 10.8. The summed E-state index contributed by atoms with van der Waals surface area (Å²) in [6.07, 6.45) is -4.59. The summed E-state index contributed by atoms with van der Waals surface area (Å²) in [5.41, 5.74) is 6.79. The molecule has 3 rings (SSSR count). The van der Waals surface area contributed by atoms with Crippen molar-refractivity contribution >= 4 is 22.0 Å². The Morgan fingerprint density at radius 2 is 1.89 bits per heavy atom. The van der Waals surface area contributed by atoms with Crippen molar-refractivity contribution in [3.05, 3.63) is 30.1 Å². The van der Waals surface area contributed by atoms with Crippen molar-refractivity contribution in [2.24, 2.45) is 0 Å². The lowest BCUT2D eigenvalue weighted by Crippen LogP contribution is -2.11. The second-order valence-electron chi connectivity index (χ2n) is 3.71. The van der Waals surface area contributed by atoms with Crippen LogP contribution in [0.15, 0.2) is 24.3 Å². The number of halogens is 3. The van der Waals surface area contributed by atoms with E-state index in [-0.39, 0.29) is 4.96 Å². The van der Waals surface area contributed by atoms with E-state index in [4.69, 9.17) is 5.73 Å². The largest absolute Gasteiger partial charge is 0.453 e. The molecule has 0 saturated carbocycles. The summed E-state index contributed by atoms with van der Waals surface area (Å²) >= 11 is 1.000. The summed E-state index contributed by atoms with van der Waals surface area (Å²) in [6, 6.07) is 6.82. The average molecular weight is 285 g/mol. The Kier molecular flexibility index (Phi) is 2.45. The number of hydrogen-bond acceptors (Lipinski definition) is 5. The van der Waals surface area contributed by atoms with Crippen molar-refractivity contribution in [3.63, 3.8) is 0 Å². The van der Waals surface area contributed by atoms with Crippen LogP contribution in [0.25, 0.3) is 15.5 Å². The summed E-state index contributed by atoms with van der Waals surface area (Å²) in [6.45, 7) is 0. The Labute approximate surface area is 108 Å². The number of para-hydroxylation sites is 1. The highest BCUT2D eigenvalue weighted by atomic mass is 32.1. The van der Waals surface area contributed by atoms with E-state index in [1.54, 1.807) is 24.3 Å². The van der Waals surface area contributed by atoms with Gasteiger partial charge in [-0.2, -0.15) is 22.8 Å². The van der Waals surface area contributed by atoms with Crippen molar-refractivity contribution in [1.82, 2.24) is 19.8 Å². The van der Waals surface area contributed by atoms with Crippen molar-refractivity contribution < 1.29 is 13.2 Å². The van der Waals surface area contributed by atoms with Crippen molar-refractivity contribution in [2.75, 3.05) is 5.73 Å². The minimum atomic E-state index is -4.59. The zero-order chi connectivity index (χ0) is 13.6. The molecule has 0 amide bonds. The van der Waals surface area contributed by atoms with Crippen LogP contribution in [0.5, 0.6) is 0 Å². The Balaban J connectivity index is 2.18. The van der Waals surface area contributed by atoms with E-state index in [1.165, 1.54) is 0 Å². The van der Waals surface area contributed by atoms with Gasteiger partial charge in [0.05, 0.1) is 0 Å². The van der Waals surface area contributed by atoms with Gasteiger partial charge >= 0.3 is 6.18 Å². The monoisotopic (exact) mass is 285 g/mol. The van der Waals surface area contributed by atoms with Crippen LogP contribution in [0.1, 0.15) is 5.82 Å². The number of nitrogens with zero attached hydrogens (tertiary/aromatic N) is 4. The third-order valence-corrected chi connectivity index (χ3v) is 3.37. The van der Waals surface area contributed by atoms with Gasteiger partial charge in [-0.3, -0.25) is 0 Å². The number of anilines is 1. The number of alkyl halides is 3. The molecule has 0 atom stereocenters. The molecule has 0 spiro atoms. The smallest absolute Gasteiger partial charge is 0.398 e. The van der Waals surface area contributed by atoms with E-state index in [2.05, 4.69) is 15.3 Å². The molecule has 0 aliphatic heterocycles. The molecule has 0 bridgehead atoms. The molecule has 3 aromatic rings. The quantitative estimate of drug-likeness (QED) is 0.697. The molecule has 0 aliphatic carbocycles. The molecule has 98 valence electrons. The van der Waals surface area contributed by atoms with Crippen molar-refractivity contribution in [2.45, 2.75) is 6.18 Å². The van der Waals surface area contributed by atoms with Crippen LogP contribution in [0.4, 0.5) is 18.9 Å². The average Bonchev–Trinajstić information content (AvgIpc) is 2.86. The van der Waals surface area contributed by atoms with Gasteiger partial charge < -0.3 is 5.73 Å². The number of aromatic nitrogens is 4. The SMILES string of the molecule is Nc1ccccc1-c1nn2c(C(F)(F)F)nnc2s1. The number of nitrogens with two attached hydrogens (primary N) is 1. The fourth-order valence-corrected chi connectivity index (χ4v) is 2.48. The van der Waals surface area contributed by atoms with E-state index in [1.807, 2.05) is 0 Å². The maximum atomic E-state index is 12.7. The zero-order valence-corrected chi connectivity index (χ0v) is 10.0. The van der Waals surface area contributed by atoms with Gasteiger partial charge in [-0.05, 0) is 12.1 Å². The summed E-state index contributed by atoms with van der Waals surface area (Å²) in [5.74, 6) is -1.14. The molecule has 2 N–H and O–H groups in total. The molecular weight excluding hydrogens is 279 g/mol. The van der Waals surface area contributed by atoms with Gasteiger partial charge in [-0.15, -0.1) is 10.2 Å². The highest BCUT2D eigenvalue weighted by molar-refractivity contribution is 7.19. The Hall–Kier alpha value is -2.16. The predicted octanol–water partition coefficient (Wildman–Crippen LogP) is 2.45. The van der Waals surface area contributed by atoms with E-state index in [9.17, 15) is 13.2 Å². The molecular formula is C10H6F3N5S. The predicted molar refractivity (Wildman–Crippen MR) is 63.5 cm³/mol. The van der Waals surface area contributed by atoms with E-state index >= 15 is 0 Å². The number of rotatable bonds is 1. The normalized spacial score (nSPS) is 12.2. The van der Waals surface area contributed by atoms with Gasteiger partial charge in [0.15, 0.2) is 0 Å². The maximum Gasteiger partial charge on any atom is 0.453 e. The number of benzene rings is 1. The lowest BCUT2D eigenvalue weighted by Gasteiger charge is -2.01. The van der Waals surface area contributed by atoms with Crippen LogP contribution in [0.2, 0.25) is 0 Å². The summed E-state index contributed by atoms with van der Waals surface area (Å²) in [7, 11) is 0. The molecule has 0 saturated heterocycles. The van der Waals surface area contributed by atoms with Gasteiger partial charge in [-0.1, -0.05) is 23.5 Å². The molecule has 2 aromatic heterocycles. The van der Waals surface area contributed by atoms with Crippen LogP contribution >= 0.6 is 11.3 Å². The lowest BCUT2D eigenvalue weighted by atomic mass is 10.2. The Bertz CT molecular complexity index is 745. The third-order valence-electron chi connectivity index (χ3n) is 2.44. The van der Waals surface area contributed by atoms with Crippen LogP contribution in [-0.4, -0.2) is 19.8 Å². The third kappa shape index (κ3) is 1.91. The molecule has 2 heterocycles. The van der Waals surface area contributed by atoms with Gasteiger partial charge in [0.1, 0.15) is 5.01 Å². The molecule has 19 heavy (non-hydrogen) atoms. The van der Waals surface area contributed by atoms with E-state index in [0.717, 1.165) is 11.3 Å². The number of fused-ring (bicyclic) bond motifs is 1. The van der Waals surface area contributed by atoms with Gasteiger partial charge in [0, 0.05) is 11.3 Å². The van der Waals surface area contributed by atoms with Gasteiger partial charge in [0.2, 0.25) is 4.96 Å². The number of hydrogen-bond donors (Lipinski definition) is 1. The highest BCUT2D eigenvalue weighted by Crippen LogP contribution is 2.33. The minimum absolute atomic E-state index is 0.0746. The van der Waals surface area contributed by atoms with Crippen LogP contribution in [-0.2, 0) is 6.18 Å². The standard InChI is InChI=1S/C10H6F3N5S/c11-10(12,13)8-15-16-9-18(8)17-7(19-9)5-3-1-2-4-6(5)14/h1-4H,14H2. The van der Waals surface area contributed by atoms with Crippen LogP contribution < -0.4 is 5.73 Å². The number of nitrogen functional groups attached to an aromatic ring is 1. The maximum absolute atomic E-state index is 12.7. The van der Waals surface area contributed by atoms with Crippen LogP contribution in [0, 0.1) is 0 Å². The molecule has 0 fully saturated rings. The molecule has 9 heteroatoms. The topological polar surface area (TPSA) is 69.1 Å². The first-order valence-electron chi connectivity index (χ1n) is 5.11. The summed E-state index contributed by atoms with van der Waals surface area (Å²) < 4.78 is 38.7. The molecule has 0 unspecified atom stereocenters. The fourth-order valence-electron chi connectivity index (χ4n) is 1.59. The Morgan fingerprint density at radius 1 is 1.16 bits per heavy atom. The van der Waals surface area contributed by atoms with Gasteiger partial charge in [-0.25, -0.2) is 0 Å². The summed E-state index contributed by atoms with van der Waals surface area (Å²) in [4.78, 5) is 0.0746. The minimum Gasteiger partial charge on any atom is -0.398 e.